The summed E-state index contributed by atoms with van der Waals surface area (Å²) < 4.78 is 0.663. The zero-order chi connectivity index (χ0) is 17.0. The van der Waals surface area contributed by atoms with E-state index in [9.17, 15) is 10.0 Å². The molecule has 130 valence electrons. The van der Waals surface area contributed by atoms with Crippen LogP contribution in [0.2, 0.25) is 0 Å². The second kappa shape index (κ2) is 5.31. The minimum Gasteiger partial charge on any atom is -0.619 e. The van der Waals surface area contributed by atoms with E-state index in [2.05, 4.69) is 15.5 Å². The van der Waals surface area contributed by atoms with Crippen molar-refractivity contribution in [3.63, 3.8) is 0 Å². The van der Waals surface area contributed by atoms with Crippen LogP contribution in [0.3, 0.4) is 0 Å². The van der Waals surface area contributed by atoms with Gasteiger partial charge in [0.05, 0.1) is 5.56 Å². The number of nitrogens with one attached hydrogen (secondary N) is 2. The van der Waals surface area contributed by atoms with Crippen molar-refractivity contribution in [1.82, 2.24) is 10.2 Å². The number of carbonyl (C=O) groups excluding carboxylic acids is 1. The van der Waals surface area contributed by atoms with E-state index in [1.54, 1.807) is 0 Å². The van der Waals surface area contributed by atoms with E-state index < -0.39 is 0 Å². The third-order valence-electron chi connectivity index (χ3n) is 6.49. The molecule has 6 heteroatoms. The Labute approximate surface area is 146 Å². The van der Waals surface area contributed by atoms with Crippen LogP contribution < -0.4 is 10.0 Å². The maximum absolute atomic E-state index is 12.3. The summed E-state index contributed by atoms with van der Waals surface area (Å²) in [5, 5.41) is 21.5. The Morgan fingerprint density at radius 3 is 2.36 bits per heavy atom. The Hall–Kier alpha value is -2.37. The Morgan fingerprint density at radius 2 is 1.76 bits per heavy atom. The average Bonchev–Trinajstić information content (AvgIpc) is 3.03. The molecule has 25 heavy (non-hydrogen) atoms. The van der Waals surface area contributed by atoms with Crippen LogP contribution in [0.4, 0.5) is 5.82 Å². The summed E-state index contributed by atoms with van der Waals surface area (Å²) >= 11 is 0. The van der Waals surface area contributed by atoms with E-state index in [1.807, 2.05) is 6.07 Å². The first kappa shape index (κ1) is 14.9. The minimum atomic E-state index is -0.246. The summed E-state index contributed by atoms with van der Waals surface area (Å²) in [6, 6.07) is 5.03. The monoisotopic (exact) mass is 338 g/mol. The number of anilines is 1. The summed E-state index contributed by atoms with van der Waals surface area (Å²) in [5.74, 6) is 2.93. The molecule has 2 heterocycles. The van der Waals surface area contributed by atoms with Crippen LogP contribution in [0.15, 0.2) is 30.6 Å². The van der Waals surface area contributed by atoms with E-state index in [4.69, 9.17) is 0 Å². The molecule has 6 nitrogen and oxygen atoms in total. The van der Waals surface area contributed by atoms with E-state index in [1.165, 1.54) is 68.7 Å². The van der Waals surface area contributed by atoms with Crippen molar-refractivity contribution in [3.05, 3.63) is 47.1 Å². The van der Waals surface area contributed by atoms with Crippen LogP contribution >= 0.6 is 0 Å². The molecule has 4 aliphatic rings. The third-order valence-corrected chi connectivity index (χ3v) is 6.49. The maximum atomic E-state index is 12.3. The molecular weight excluding hydrogens is 316 g/mol. The fourth-order valence-electron chi connectivity index (χ4n) is 5.85. The van der Waals surface area contributed by atoms with Gasteiger partial charge in [-0.25, -0.2) is 0 Å². The van der Waals surface area contributed by atoms with Gasteiger partial charge in [0, 0.05) is 29.3 Å². The number of aromatic amines is 1. The second-order valence-corrected chi connectivity index (χ2v) is 8.27. The Balaban J connectivity index is 1.35. The van der Waals surface area contributed by atoms with Gasteiger partial charge in [0.1, 0.15) is 0 Å². The fraction of sp³-hybridized carbons (Fsp3) is 0.526. The molecule has 6 rings (SSSR count). The summed E-state index contributed by atoms with van der Waals surface area (Å²) in [6.45, 7) is 0. The molecular formula is C19H22N4O2. The van der Waals surface area contributed by atoms with Gasteiger partial charge in [-0.05, 0) is 56.3 Å². The first-order chi connectivity index (χ1) is 12.1. The normalized spacial score (nSPS) is 32.7. The first-order valence-corrected chi connectivity index (χ1v) is 9.16. The number of aromatic nitrogens is 3. The molecule has 1 amide bonds. The minimum absolute atomic E-state index is 0.242. The molecule has 0 unspecified atom stereocenters. The largest absolute Gasteiger partial charge is 0.619 e. The first-order valence-electron chi connectivity index (χ1n) is 9.16. The molecule has 0 atom stereocenters. The molecule has 0 spiro atoms. The number of amides is 1. The molecule has 2 N–H and O–H groups in total. The van der Waals surface area contributed by atoms with E-state index in [0.717, 1.165) is 17.8 Å². The Kier molecular flexibility index (Phi) is 3.17. The SMILES string of the molecule is O=C(Nc1cc(C23CC4CC(CC(C4)C2)C3)[nH]n1)c1cc[n+]([O-])cc1. The van der Waals surface area contributed by atoms with Gasteiger partial charge < -0.3 is 10.5 Å². The highest BCUT2D eigenvalue weighted by Gasteiger charge is 2.52. The maximum Gasteiger partial charge on any atom is 0.257 e. The Bertz CT molecular complexity index is 776. The van der Waals surface area contributed by atoms with Crippen molar-refractivity contribution >= 4 is 11.7 Å². The lowest BCUT2D eigenvalue weighted by Crippen LogP contribution is -2.48. The molecule has 4 bridgehead atoms. The van der Waals surface area contributed by atoms with Crippen molar-refractivity contribution < 1.29 is 9.52 Å². The number of rotatable bonds is 3. The lowest BCUT2D eigenvalue weighted by Gasteiger charge is -2.56. The average molecular weight is 338 g/mol. The van der Waals surface area contributed by atoms with Crippen LogP contribution in [0.1, 0.15) is 54.6 Å². The number of nitrogens with zero attached hydrogens (tertiary/aromatic N) is 2. The molecule has 2 aromatic rings. The number of hydrogen-bond donors (Lipinski definition) is 2. The zero-order valence-corrected chi connectivity index (χ0v) is 14.1. The third kappa shape index (κ3) is 2.51. The summed E-state index contributed by atoms with van der Waals surface area (Å²) in [6.07, 6.45) is 10.6. The number of carbonyl (C=O) groups is 1. The molecule has 0 saturated heterocycles. The van der Waals surface area contributed by atoms with Crippen LogP contribution in [0.5, 0.6) is 0 Å². The number of pyridine rings is 1. The number of H-pyrrole nitrogens is 1. The number of hydrogen-bond acceptors (Lipinski definition) is 3. The molecule has 0 radical (unpaired) electrons. The van der Waals surface area contributed by atoms with Gasteiger partial charge in [-0.2, -0.15) is 9.83 Å². The lowest BCUT2D eigenvalue weighted by molar-refractivity contribution is -0.605. The summed E-state index contributed by atoms with van der Waals surface area (Å²) in [5.41, 5.74) is 1.88. The van der Waals surface area contributed by atoms with Crippen molar-refractivity contribution in [2.24, 2.45) is 17.8 Å². The van der Waals surface area contributed by atoms with Crippen molar-refractivity contribution in [3.8, 4) is 0 Å². The predicted molar refractivity (Wildman–Crippen MR) is 91.8 cm³/mol. The van der Waals surface area contributed by atoms with Crippen LogP contribution in [-0.4, -0.2) is 16.1 Å². The topological polar surface area (TPSA) is 84.7 Å². The van der Waals surface area contributed by atoms with Gasteiger partial charge in [-0.1, -0.05) is 0 Å². The highest BCUT2D eigenvalue weighted by Crippen LogP contribution is 2.60. The highest BCUT2D eigenvalue weighted by molar-refractivity contribution is 6.03. The standard InChI is InChI=1S/C19H22N4O2/c24-18(15-1-3-23(25)4-2-15)20-17-8-16(21-22-17)19-9-12-5-13(10-19)7-14(6-12)11-19/h1-4,8,12-14H,5-7,9-11H2,(H2,20,21,22,24). The smallest absolute Gasteiger partial charge is 0.257 e. The molecule has 4 fully saturated rings. The van der Waals surface area contributed by atoms with Gasteiger partial charge in [0.15, 0.2) is 18.2 Å². The van der Waals surface area contributed by atoms with Crippen molar-refractivity contribution in [1.29, 1.82) is 0 Å². The molecule has 2 aromatic heterocycles. The van der Waals surface area contributed by atoms with Crippen molar-refractivity contribution in [2.75, 3.05) is 5.32 Å². The fourth-order valence-corrected chi connectivity index (χ4v) is 5.85. The molecule has 4 saturated carbocycles. The van der Waals surface area contributed by atoms with Crippen LogP contribution in [0.25, 0.3) is 0 Å². The molecule has 0 aliphatic heterocycles. The van der Waals surface area contributed by atoms with E-state index in [-0.39, 0.29) is 11.3 Å². The quantitative estimate of drug-likeness (QED) is 0.666. The van der Waals surface area contributed by atoms with E-state index in [0.29, 0.717) is 16.1 Å². The molecule has 4 aliphatic carbocycles. The van der Waals surface area contributed by atoms with Gasteiger partial charge in [0.2, 0.25) is 0 Å². The zero-order valence-electron chi connectivity index (χ0n) is 14.1. The van der Waals surface area contributed by atoms with Crippen LogP contribution in [0, 0.1) is 23.0 Å². The highest BCUT2D eigenvalue weighted by atomic mass is 16.5. The van der Waals surface area contributed by atoms with Crippen molar-refractivity contribution in [2.45, 2.75) is 43.9 Å². The summed E-state index contributed by atoms with van der Waals surface area (Å²) in [4.78, 5) is 12.3. The van der Waals surface area contributed by atoms with Gasteiger partial charge in [-0.3, -0.25) is 9.89 Å². The van der Waals surface area contributed by atoms with Crippen LogP contribution in [-0.2, 0) is 5.41 Å². The van der Waals surface area contributed by atoms with E-state index >= 15 is 0 Å². The summed E-state index contributed by atoms with van der Waals surface area (Å²) in [7, 11) is 0. The molecule has 0 aromatic carbocycles. The second-order valence-electron chi connectivity index (χ2n) is 8.27. The van der Waals surface area contributed by atoms with Gasteiger partial charge in [-0.15, -0.1) is 0 Å². The lowest BCUT2D eigenvalue weighted by atomic mass is 9.49. The van der Waals surface area contributed by atoms with Gasteiger partial charge >= 0.3 is 0 Å². The predicted octanol–water partition coefficient (Wildman–Crippen LogP) is 2.76. The van der Waals surface area contributed by atoms with Gasteiger partial charge in [0.25, 0.3) is 5.91 Å². The Morgan fingerprint density at radius 1 is 1.16 bits per heavy atom.